The molecule has 0 unspecified atom stereocenters. The lowest BCUT2D eigenvalue weighted by Gasteiger charge is -2.15. The zero-order chi connectivity index (χ0) is 17.5. The summed E-state index contributed by atoms with van der Waals surface area (Å²) in [7, 11) is 1.63. The van der Waals surface area contributed by atoms with Gasteiger partial charge in [0.1, 0.15) is 5.76 Å². The van der Waals surface area contributed by atoms with E-state index in [4.69, 9.17) is 32.4 Å². The van der Waals surface area contributed by atoms with Crippen molar-refractivity contribution in [1.82, 2.24) is 4.98 Å². The van der Waals surface area contributed by atoms with Crippen LogP contribution in [-0.2, 0) is 6.42 Å². The molecule has 0 spiro atoms. The van der Waals surface area contributed by atoms with Crippen molar-refractivity contribution in [2.24, 2.45) is 5.41 Å². The summed E-state index contributed by atoms with van der Waals surface area (Å²) in [6.45, 7) is 6.53. The van der Waals surface area contributed by atoms with Gasteiger partial charge in [0.05, 0.1) is 17.2 Å². The van der Waals surface area contributed by atoms with Gasteiger partial charge in [0.25, 0.3) is 0 Å². The van der Waals surface area contributed by atoms with E-state index in [-0.39, 0.29) is 5.41 Å². The maximum absolute atomic E-state index is 6.34. The monoisotopic (exact) mass is 363 g/mol. The molecule has 1 aromatic carbocycles. The van der Waals surface area contributed by atoms with Crippen LogP contribution in [0, 0.1) is 5.41 Å². The zero-order valence-corrected chi connectivity index (χ0v) is 15.6. The van der Waals surface area contributed by atoms with E-state index < -0.39 is 0 Å². The van der Waals surface area contributed by atoms with Crippen LogP contribution in [0.4, 0.5) is 0 Å². The Balaban J connectivity index is 2.26. The number of nitrogens with zero attached hydrogens (tertiary/aromatic N) is 1. The first-order valence-electron chi connectivity index (χ1n) is 7.69. The highest BCUT2D eigenvalue weighted by molar-refractivity contribution is 6.39. The fourth-order valence-electron chi connectivity index (χ4n) is 2.81. The van der Waals surface area contributed by atoms with Crippen molar-refractivity contribution in [2.45, 2.75) is 27.2 Å². The third-order valence-corrected chi connectivity index (χ3v) is 4.32. The van der Waals surface area contributed by atoms with Crippen LogP contribution >= 0.6 is 23.2 Å². The largest absolute Gasteiger partial charge is 0.493 e. The number of pyridine rings is 1. The molecule has 0 aliphatic carbocycles. The first-order chi connectivity index (χ1) is 11.3. The van der Waals surface area contributed by atoms with Crippen molar-refractivity contribution in [1.29, 1.82) is 0 Å². The van der Waals surface area contributed by atoms with E-state index in [2.05, 4.69) is 25.8 Å². The number of furan rings is 1. The molecule has 0 aliphatic heterocycles. The van der Waals surface area contributed by atoms with Gasteiger partial charge in [-0.15, -0.1) is 0 Å². The minimum atomic E-state index is 0.118. The average molecular weight is 364 g/mol. The number of benzene rings is 1. The summed E-state index contributed by atoms with van der Waals surface area (Å²) < 4.78 is 11.5. The number of hydrogen-bond donors (Lipinski definition) is 0. The summed E-state index contributed by atoms with van der Waals surface area (Å²) in [5, 5.41) is 1.95. The van der Waals surface area contributed by atoms with Crippen molar-refractivity contribution < 1.29 is 9.15 Å². The van der Waals surface area contributed by atoms with Crippen molar-refractivity contribution in [3.05, 3.63) is 46.4 Å². The molecule has 3 nitrogen and oxygen atoms in total. The lowest BCUT2D eigenvalue weighted by atomic mass is 9.91. The number of fused-ring (bicyclic) bond motifs is 1. The summed E-state index contributed by atoms with van der Waals surface area (Å²) in [6, 6.07) is 5.87. The molecule has 0 bridgehead atoms. The predicted octanol–water partition coefficient (Wildman–Crippen LogP) is 6.40. The molecule has 2 heterocycles. The van der Waals surface area contributed by atoms with Gasteiger partial charge in [-0.25, -0.2) is 0 Å². The lowest BCUT2D eigenvalue weighted by Crippen LogP contribution is -2.08. The van der Waals surface area contributed by atoms with Crippen LogP contribution in [-0.4, -0.2) is 12.1 Å². The summed E-state index contributed by atoms with van der Waals surface area (Å²) in [5.74, 6) is 1.60. The van der Waals surface area contributed by atoms with Gasteiger partial charge in [-0.2, -0.15) is 0 Å². The third kappa shape index (κ3) is 3.24. The second kappa shape index (κ2) is 6.30. The molecule has 5 heteroatoms. The number of halogens is 2. The second-order valence-corrected chi connectivity index (χ2v) is 7.80. The van der Waals surface area contributed by atoms with Gasteiger partial charge in [0.15, 0.2) is 11.3 Å². The van der Waals surface area contributed by atoms with E-state index >= 15 is 0 Å². The molecule has 0 atom stereocenters. The van der Waals surface area contributed by atoms with E-state index in [0.717, 1.165) is 28.7 Å². The van der Waals surface area contributed by atoms with Gasteiger partial charge in [-0.1, -0.05) is 44.0 Å². The molecule has 3 aromatic rings. The fourth-order valence-corrected chi connectivity index (χ4v) is 3.38. The molecular formula is C19H19Cl2NO2. The Hall–Kier alpha value is -1.71. The summed E-state index contributed by atoms with van der Waals surface area (Å²) >= 11 is 12.7. The molecule has 0 saturated heterocycles. The highest BCUT2D eigenvalue weighted by atomic mass is 35.5. The van der Waals surface area contributed by atoms with Crippen molar-refractivity contribution in [2.75, 3.05) is 7.11 Å². The Morgan fingerprint density at radius 1 is 1.12 bits per heavy atom. The number of rotatable bonds is 3. The van der Waals surface area contributed by atoms with Crippen molar-refractivity contribution in [3.63, 3.8) is 0 Å². The summed E-state index contributed by atoms with van der Waals surface area (Å²) in [4.78, 5) is 4.03. The van der Waals surface area contributed by atoms with E-state index in [1.165, 1.54) is 0 Å². The fraction of sp³-hybridized carbons (Fsp3) is 0.316. The van der Waals surface area contributed by atoms with E-state index in [1.54, 1.807) is 19.5 Å². The Kier molecular flexibility index (Phi) is 4.50. The Bertz CT molecular complexity index is 874. The van der Waals surface area contributed by atoms with Gasteiger partial charge in [-0.05, 0) is 29.2 Å². The van der Waals surface area contributed by atoms with Gasteiger partial charge < -0.3 is 9.15 Å². The molecule has 0 aliphatic rings. The van der Waals surface area contributed by atoms with Crippen LogP contribution in [0.5, 0.6) is 5.75 Å². The molecule has 0 N–H and O–H groups in total. The van der Waals surface area contributed by atoms with E-state index in [0.29, 0.717) is 21.4 Å². The van der Waals surface area contributed by atoms with Gasteiger partial charge in [0.2, 0.25) is 0 Å². The Morgan fingerprint density at radius 2 is 1.79 bits per heavy atom. The highest BCUT2D eigenvalue weighted by Gasteiger charge is 2.20. The Labute approximate surface area is 151 Å². The van der Waals surface area contributed by atoms with Gasteiger partial charge >= 0.3 is 0 Å². The number of aromatic nitrogens is 1. The van der Waals surface area contributed by atoms with E-state index in [1.807, 2.05) is 18.2 Å². The quantitative estimate of drug-likeness (QED) is 0.539. The number of hydrogen-bond acceptors (Lipinski definition) is 3. The molecule has 0 radical (unpaired) electrons. The highest BCUT2D eigenvalue weighted by Crippen LogP contribution is 2.42. The van der Waals surface area contributed by atoms with Crippen molar-refractivity contribution >= 4 is 34.2 Å². The number of ether oxygens (including phenoxy) is 1. The third-order valence-electron chi connectivity index (χ3n) is 3.75. The molecule has 2 aromatic heterocycles. The molecule has 0 saturated carbocycles. The van der Waals surface area contributed by atoms with Crippen LogP contribution in [0.1, 0.15) is 26.5 Å². The maximum Gasteiger partial charge on any atom is 0.176 e. The van der Waals surface area contributed by atoms with Crippen LogP contribution in [0.2, 0.25) is 10.0 Å². The molecule has 0 fully saturated rings. The standard InChI is InChI=1S/C19H19Cl2NO2/c1-19(2,3)8-11-7-13-12(5-6-16(23-4)18(13)24-11)17-14(20)9-22-10-15(17)21/h5-7,9-10H,8H2,1-4H3. The number of methoxy groups -OCH3 is 1. The topological polar surface area (TPSA) is 35.3 Å². The average Bonchev–Trinajstić information content (AvgIpc) is 2.88. The summed E-state index contributed by atoms with van der Waals surface area (Å²) in [5.41, 5.74) is 2.49. The van der Waals surface area contributed by atoms with Crippen molar-refractivity contribution in [3.8, 4) is 16.9 Å². The molecular weight excluding hydrogens is 345 g/mol. The van der Waals surface area contributed by atoms with Crippen LogP contribution in [0.25, 0.3) is 22.1 Å². The SMILES string of the molecule is COc1ccc(-c2c(Cl)cncc2Cl)c2cc(CC(C)(C)C)oc12. The zero-order valence-electron chi connectivity index (χ0n) is 14.1. The molecule has 126 valence electrons. The molecule has 24 heavy (non-hydrogen) atoms. The van der Waals surface area contributed by atoms with E-state index in [9.17, 15) is 0 Å². The normalized spacial score (nSPS) is 11.9. The molecule has 3 rings (SSSR count). The minimum absolute atomic E-state index is 0.118. The lowest BCUT2D eigenvalue weighted by molar-refractivity contribution is 0.364. The predicted molar refractivity (Wildman–Crippen MR) is 99.2 cm³/mol. The van der Waals surface area contributed by atoms with Crippen LogP contribution < -0.4 is 4.74 Å². The molecule has 0 amide bonds. The van der Waals surface area contributed by atoms with Crippen LogP contribution in [0.3, 0.4) is 0 Å². The first kappa shape index (κ1) is 17.1. The Morgan fingerprint density at radius 3 is 2.38 bits per heavy atom. The van der Waals surface area contributed by atoms with Gasteiger partial charge in [0, 0.05) is 29.8 Å². The smallest absolute Gasteiger partial charge is 0.176 e. The van der Waals surface area contributed by atoms with Crippen LogP contribution in [0.15, 0.2) is 35.0 Å². The summed E-state index contributed by atoms with van der Waals surface area (Å²) in [6.07, 6.45) is 4.01. The maximum atomic E-state index is 6.34. The first-order valence-corrected chi connectivity index (χ1v) is 8.44. The minimum Gasteiger partial charge on any atom is -0.493 e. The second-order valence-electron chi connectivity index (χ2n) is 6.99. The van der Waals surface area contributed by atoms with Gasteiger partial charge in [-0.3, -0.25) is 4.98 Å².